The number of rotatable bonds is 6. The lowest BCUT2D eigenvalue weighted by molar-refractivity contribution is 0.405. The standard InChI is InChI=1S/C22H24N6O2/c1-13-6-7-14(2)17(10-13)24-20-16-12-23-28(3)21(16)27-22(26-20)25-18-11-15(29-4)8-9-19(18)30-5/h6-12H,1-5H3,(H2,24,25,26,27). The van der Waals surface area contributed by atoms with Gasteiger partial charge in [-0.2, -0.15) is 15.1 Å². The molecule has 0 bridgehead atoms. The molecule has 0 saturated carbocycles. The molecule has 0 fully saturated rings. The van der Waals surface area contributed by atoms with Crippen LogP contribution in [0.3, 0.4) is 0 Å². The highest BCUT2D eigenvalue weighted by atomic mass is 16.5. The summed E-state index contributed by atoms with van der Waals surface area (Å²) in [7, 11) is 5.09. The number of hydrogen-bond donors (Lipinski definition) is 2. The van der Waals surface area contributed by atoms with Crippen molar-refractivity contribution >= 4 is 34.2 Å². The molecule has 8 nitrogen and oxygen atoms in total. The summed E-state index contributed by atoms with van der Waals surface area (Å²) < 4.78 is 12.5. The highest BCUT2D eigenvalue weighted by molar-refractivity contribution is 5.90. The van der Waals surface area contributed by atoms with Crippen LogP contribution in [0.2, 0.25) is 0 Å². The van der Waals surface area contributed by atoms with Crippen molar-refractivity contribution in [1.29, 1.82) is 0 Å². The first kappa shape index (κ1) is 19.5. The van der Waals surface area contributed by atoms with E-state index >= 15 is 0 Å². The molecule has 0 radical (unpaired) electrons. The van der Waals surface area contributed by atoms with Crippen LogP contribution in [-0.2, 0) is 7.05 Å². The van der Waals surface area contributed by atoms with Crippen LogP contribution in [0.5, 0.6) is 11.5 Å². The van der Waals surface area contributed by atoms with Crippen molar-refractivity contribution in [1.82, 2.24) is 19.7 Å². The first-order valence-electron chi connectivity index (χ1n) is 9.51. The molecule has 0 aliphatic carbocycles. The molecule has 4 rings (SSSR count). The lowest BCUT2D eigenvalue weighted by Gasteiger charge is -2.14. The zero-order valence-corrected chi connectivity index (χ0v) is 17.6. The third-order valence-corrected chi connectivity index (χ3v) is 4.89. The van der Waals surface area contributed by atoms with E-state index in [2.05, 4.69) is 52.8 Å². The third kappa shape index (κ3) is 3.71. The van der Waals surface area contributed by atoms with Crippen LogP contribution < -0.4 is 20.1 Å². The zero-order valence-electron chi connectivity index (χ0n) is 17.6. The van der Waals surface area contributed by atoms with Gasteiger partial charge in [-0.1, -0.05) is 12.1 Å². The van der Waals surface area contributed by atoms with Gasteiger partial charge in [-0.3, -0.25) is 4.68 Å². The predicted octanol–water partition coefficient (Wildman–Crippen LogP) is 4.48. The fourth-order valence-electron chi connectivity index (χ4n) is 3.20. The molecule has 0 aliphatic heterocycles. The molecular formula is C22H24N6O2. The molecule has 0 amide bonds. The van der Waals surface area contributed by atoms with Gasteiger partial charge >= 0.3 is 0 Å². The number of fused-ring (bicyclic) bond motifs is 1. The van der Waals surface area contributed by atoms with Crippen molar-refractivity contribution in [3.63, 3.8) is 0 Å². The summed E-state index contributed by atoms with van der Waals surface area (Å²) in [6.45, 7) is 4.12. The predicted molar refractivity (Wildman–Crippen MR) is 118 cm³/mol. The summed E-state index contributed by atoms with van der Waals surface area (Å²) >= 11 is 0. The van der Waals surface area contributed by atoms with Crippen LogP contribution >= 0.6 is 0 Å². The number of anilines is 4. The van der Waals surface area contributed by atoms with Crippen LogP contribution in [0.4, 0.5) is 23.1 Å². The van der Waals surface area contributed by atoms with Gasteiger partial charge in [0.2, 0.25) is 5.95 Å². The molecule has 30 heavy (non-hydrogen) atoms. The van der Waals surface area contributed by atoms with E-state index in [1.165, 1.54) is 5.56 Å². The molecule has 2 aromatic carbocycles. The molecule has 0 unspecified atom stereocenters. The topological polar surface area (TPSA) is 86.1 Å². The van der Waals surface area contributed by atoms with Crippen LogP contribution in [0.1, 0.15) is 11.1 Å². The zero-order chi connectivity index (χ0) is 21.3. The van der Waals surface area contributed by atoms with E-state index in [9.17, 15) is 0 Å². The monoisotopic (exact) mass is 404 g/mol. The normalized spacial score (nSPS) is 10.8. The van der Waals surface area contributed by atoms with E-state index in [4.69, 9.17) is 14.5 Å². The SMILES string of the molecule is COc1ccc(OC)c(Nc2nc(Nc3cc(C)ccc3C)c3cnn(C)c3n2)c1. The first-order valence-corrected chi connectivity index (χ1v) is 9.51. The second-order valence-electron chi connectivity index (χ2n) is 7.04. The quantitative estimate of drug-likeness (QED) is 0.490. The minimum absolute atomic E-state index is 0.422. The highest BCUT2D eigenvalue weighted by Crippen LogP contribution is 2.32. The van der Waals surface area contributed by atoms with Crippen LogP contribution in [0, 0.1) is 13.8 Å². The molecule has 154 valence electrons. The van der Waals surface area contributed by atoms with Gasteiger partial charge in [-0.05, 0) is 43.2 Å². The Labute approximate surface area is 174 Å². The summed E-state index contributed by atoms with van der Waals surface area (Å²) in [6, 6.07) is 11.8. The Morgan fingerprint density at radius 2 is 1.73 bits per heavy atom. The third-order valence-electron chi connectivity index (χ3n) is 4.89. The minimum Gasteiger partial charge on any atom is -0.497 e. The Morgan fingerprint density at radius 3 is 2.50 bits per heavy atom. The number of benzene rings is 2. The van der Waals surface area contributed by atoms with Gasteiger partial charge in [0.05, 0.1) is 31.5 Å². The van der Waals surface area contributed by atoms with Crippen molar-refractivity contribution < 1.29 is 9.47 Å². The molecule has 2 N–H and O–H groups in total. The molecule has 4 aromatic rings. The average Bonchev–Trinajstić information content (AvgIpc) is 3.11. The second kappa shape index (κ2) is 7.90. The number of nitrogens with one attached hydrogen (secondary N) is 2. The van der Waals surface area contributed by atoms with Gasteiger partial charge in [0, 0.05) is 18.8 Å². The van der Waals surface area contributed by atoms with Crippen LogP contribution in [0.15, 0.2) is 42.6 Å². The van der Waals surface area contributed by atoms with Gasteiger partial charge in [0.1, 0.15) is 17.3 Å². The molecule has 0 atom stereocenters. The maximum atomic E-state index is 5.46. The summed E-state index contributed by atoms with van der Waals surface area (Å²) in [6.07, 6.45) is 1.76. The van der Waals surface area contributed by atoms with E-state index in [0.29, 0.717) is 34.6 Å². The summed E-state index contributed by atoms with van der Waals surface area (Å²) in [5.74, 6) is 2.46. The van der Waals surface area contributed by atoms with Gasteiger partial charge in [0.15, 0.2) is 5.65 Å². The maximum absolute atomic E-state index is 5.46. The van der Waals surface area contributed by atoms with Crippen molar-refractivity contribution in [2.24, 2.45) is 7.05 Å². The fourth-order valence-corrected chi connectivity index (χ4v) is 3.20. The van der Waals surface area contributed by atoms with Crippen LogP contribution in [0.25, 0.3) is 11.0 Å². The molecule has 2 heterocycles. The minimum atomic E-state index is 0.422. The number of aryl methyl sites for hydroxylation is 3. The molecule has 0 aliphatic rings. The number of nitrogens with zero attached hydrogens (tertiary/aromatic N) is 4. The number of aromatic nitrogens is 4. The smallest absolute Gasteiger partial charge is 0.231 e. The average molecular weight is 404 g/mol. The van der Waals surface area contributed by atoms with Gasteiger partial charge in [-0.25, -0.2) is 0 Å². The van der Waals surface area contributed by atoms with Crippen molar-refractivity contribution in [3.05, 3.63) is 53.7 Å². The second-order valence-corrected chi connectivity index (χ2v) is 7.04. The maximum Gasteiger partial charge on any atom is 0.231 e. The van der Waals surface area contributed by atoms with Gasteiger partial charge in [-0.15, -0.1) is 0 Å². The summed E-state index contributed by atoms with van der Waals surface area (Å²) in [4.78, 5) is 9.37. The lowest BCUT2D eigenvalue weighted by Crippen LogP contribution is -2.05. The number of ether oxygens (including phenoxy) is 2. The van der Waals surface area contributed by atoms with E-state index in [1.807, 2.05) is 25.2 Å². The molecule has 8 heteroatoms. The van der Waals surface area contributed by atoms with E-state index in [-0.39, 0.29) is 0 Å². The molecule has 2 aromatic heterocycles. The molecular weight excluding hydrogens is 380 g/mol. The van der Waals surface area contributed by atoms with E-state index in [0.717, 1.165) is 16.6 Å². The first-order chi connectivity index (χ1) is 14.5. The Hall–Kier alpha value is -3.81. The number of methoxy groups -OCH3 is 2. The van der Waals surface area contributed by atoms with E-state index in [1.54, 1.807) is 25.1 Å². The summed E-state index contributed by atoms with van der Waals surface area (Å²) in [5.41, 5.74) is 4.70. The Balaban J connectivity index is 1.79. The Bertz CT molecular complexity index is 1220. The molecule has 0 saturated heterocycles. The summed E-state index contributed by atoms with van der Waals surface area (Å²) in [5, 5.41) is 11.9. The highest BCUT2D eigenvalue weighted by Gasteiger charge is 2.14. The lowest BCUT2D eigenvalue weighted by atomic mass is 10.1. The van der Waals surface area contributed by atoms with Crippen molar-refractivity contribution in [3.8, 4) is 11.5 Å². The Morgan fingerprint density at radius 1 is 0.900 bits per heavy atom. The largest absolute Gasteiger partial charge is 0.497 e. The van der Waals surface area contributed by atoms with Crippen molar-refractivity contribution in [2.75, 3.05) is 24.9 Å². The number of hydrogen-bond acceptors (Lipinski definition) is 7. The van der Waals surface area contributed by atoms with Gasteiger partial charge in [0.25, 0.3) is 0 Å². The van der Waals surface area contributed by atoms with Crippen molar-refractivity contribution in [2.45, 2.75) is 13.8 Å². The van der Waals surface area contributed by atoms with Gasteiger partial charge < -0.3 is 20.1 Å². The van der Waals surface area contributed by atoms with E-state index < -0.39 is 0 Å². The Kier molecular flexibility index (Phi) is 5.14. The van der Waals surface area contributed by atoms with Crippen LogP contribution in [-0.4, -0.2) is 34.0 Å². The fraction of sp³-hybridized carbons (Fsp3) is 0.227. The molecule has 0 spiro atoms.